The first-order valence-corrected chi connectivity index (χ1v) is 13.6. The van der Waals surface area contributed by atoms with Crippen LogP contribution in [0, 0.1) is 24.1 Å². The molecule has 37 heavy (non-hydrogen) atoms. The Hall–Kier alpha value is -3.20. The van der Waals surface area contributed by atoms with E-state index in [1.165, 1.54) is 69.4 Å². The summed E-state index contributed by atoms with van der Waals surface area (Å²) < 4.78 is 13.8. The van der Waals surface area contributed by atoms with Crippen molar-refractivity contribution >= 4 is 18.0 Å². The predicted octanol–water partition coefficient (Wildman–Crippen LogP) is 7.65. The quantitative estimate of drug-likeness (QED) is 0.185. The number of amides is 2. The highest BCUT2D eigenvalue weighted by Crippen LogP contribution is 2.37. The molecule has 5 nitrogen and oxygen atoms in total. The van der Waals surface area contributed by atoms with E-state index in [0.29, 0.717) is 12.0 Å². The first-order chi connectivity index (χ1) is 17.9. The molecule has 2 aromatic rings. The van der Waals surface area contributed by atoms with E-state index >= 15 is 0 Å². The molecule has 0 saturated carbocycles. The van der Waals surface area contributed by atoms with E-state index < -0.39 is 0 Å². The number of unbranched alkanes of at least 4 members (excludes halogenated alkanes) is 7. The van der Waals surface area contributed by atoms with Gasteiger partial charge in [0.05, 0.1) is 6.07 Å². The van der Waals surface area contributed by atoms with Gasteiger partial charge >= 0.3 is 0 Å². The maximum atomic E-state index is 13.8. The topological polar surface area (TPSA) is 82.0 Å². The lowest BCUT2D eigenvalue weighted by Crippen LogP contribution is -2.09. The summed E-state index contributed by atoms with van der Waals surface area (Å²) in [7, 11) is 0. The van der Waals surface area contributed by atoms with Crippen LogP contribution < -0.4 is 10.6 Å². The van der Waals surface area contributed by atoms with Crippen molar-refractivity contribution in [3.8, 4) is 17.2 Å². The van der Waals surface area contributed by atoms with E-state index in [1.807, 2.05) is 24.3 Å². The maximum Gasteiger partial charge on any atom is 0.221 e. The van der Waals surface area contributed by atoms with Crippen LogP contribution in [0.1, 0.15) is 95.2 Å². The third kappa shape index (κ3) is 12.1. The average Bonchev–Trinajstić information content (AvgIpc) is 3.38. The molecule has 0 spiro atoms. The third-order valence-corrected chi connectivity index (χ3v) is 6.30. The van der Waals surface area contributed by atoms with Crippen LogP contribution in [0.4, 0.5) is 10.1 Å². The molecule has 1 aliphatic rings. The zero-order valence-electron chi connectivity index (χ0n) is 23.1. The molecule has 2 N–H and O–H groups in total. The Bertz CT molecular complexity index is 1010. The number of anilines is 1. The Morgan fingerprint density at radius 1 is 1.00 bits per heavy atom. The molecule has 2 amide bonds. The number of benzene rings is 2. The molecule has 0 unspecified atom stereocenters. The summed E-state index contributed by atoms with van der Waals surface area (Å²) in [6, 6.07) is 11.0. The Morgan fingerprint density at radius 3 is 2.14 bits per heavy atom. The minimum atomic E-state index is -0.176. The number of nitriles is 1. The number of aryl methyl sites for hydroxylation is 1. The van der Waals surface area contributed by atoms with E-state index in [9.17, 15) is 14.0 Å². The Balaban J connectivity index is 0.000000357. The Kier molecular flexibility index (Phi) is 16.3. The van der Waals surface area contributed by atoms with Gasteiger partial charge in [0.25, 0.3) is 0 Å². The fourth-order valence-electron chi connectivity index (χ4n) is 4.34. The van der Waals surface area contributed by atoms with Crippen molar-refractivity contribution in [2.75, 3.05) is 11.9 Å². The number of carbonyl (C=O) groups is 2. The molecule has 0 radical (unpaired) electrons. The largest absolute Gasteiger partial charge is 0.346 e. The second kappa shape index (κ2) is 19.0. The molecule has 0 saturated heterocycles. The summed E-state index contributed by atoms with van der Waals surface area (Å²) in [5, 5.41) is 12.8. The second-order valence-corrected chi connectivity index (χ2v) is 9.39. The van der Waals surface area contributed by atoms with Crippen molar-refractivity contribution in [2.45, 2.75) is 98.3 Å². The number of rotatable bonds is 11. The normalized spacial score (nSPS) is 11.1. The van der Waals surface area contributed by atoms with Gasteiger partial charge in [-0.05, 0) is 66.1 Å². The summed E-state index contributed by atoms with van der Waals surface area (Å²) in [6.07, 6.45) is 15.0. The van der Waals surface area contributed by atoms with Gasteiger partial charge in [-0.2, -0.15) is 5.26 Å². The average molecular weight is 510 g/mol. The summed E-state index contributed by atoms with van der Waals surface area (Å²) >= 11 is 0. The molecule has 2 aromatic carbocycles. The van der Waals surface area contributed by atoms with Gasteiger partial charge in [-0.1, -0.05) is 83.4 Å². The van der Waals surface area contributed by atoms with Crippen LogP contribution in [0.15, 0.2) is 30.3 Å². The number of nitrogens with one attached hydrogen (secondary N) is 2. The number of hydrogen-bond acceptors (Lipinski definition) is 3. The van der Waals surface area contributed by atoms with E-state index in [1.54, 1.807) is 19.1 Å². The summed E-state index contributed by atoms with van der Waals surface area (Å²) in [6.45, 7) is 7.93. The molecule has 0 aliphatic heterocycles. The molecular weight excluding hydrogens is 465 g/mol. The van der Waals surface area contributed by atoms with Crippen LogP contribution in [0.3, 0.4) is 0 Å². The highest BCUT2D eigenvalue weighted by atomic mass is 19.1. The van der Waals surface area contributed by atoms with Gasteiger partial charge < -0.3 is 10.6 Å². The van der Waals surface area contributed by atoms with Gasteiger partial charge in [-0.25, -0.2) is 4.39 Å². The number of halogens is 1. The highest BCUT2D eigenvalue weighted by Gasteiger charge is 2.20. The van der Waals surface area contributed by atoms with Crippen molar-refractivity contribution in [1.29, 1.82) is 5.26 Å². The molecule has 0 bridgehead atoms. The van der Waals surface area contributed by atoms with Gasteiger partial charge in [-0.3, -0.25) is 9.59 Å². The van der Waals surface area contributed by atoms with Crippen molar-refractivity contribution in [3.63, 3.8) is 0 Å². The van der Waals surface area contributed by atoms with E-state index in [2.05, 4.69) is 24.5 Å². The van der Waals surface area contributed by atoms with Crippen LogP contribution >= 0.6 is 0 Å². The molecular formula is C31H44FN3O2. The Morgan fingerprint density at radius 2 is 1.62 bits per heavy atom. The van der Waals surface area contributed by atoms with Crippen molar-refractivity contribution in [2.24, 2.45) is 0 Å². The van der Waals surface area contributed by atoms with Crippen LogP contribution in [0.5, 0.6) is 0 Å². The first kappa shape index (κ1) is 31.8. The smallest absolute Gasteiger partial charge is 0.221 e. The lowest BCUT2D eigenvalue weighted by molar-refractivity contribution is -0.114. The summed E-state index contributed by atoms with van der Waals surface area (Å²) in [5.74, 6) is -0.233. The maximum absolute atomic E-state index is 13.8. The van der Waals surface area contributed by atoms with Crippen molar-refractivity contribution in [3.05, 3.63) is 52.8 Å². The molecule has 6 heteroatoms. The van der Waals surface area contributed by atoms with Gasteiger partial charge in [0.15, 0.2) is 0 Å². The third-order valence-electron chi connectivity index (χ3n) is 6.30. The molecule has 3 rings (SSSR count). The lowest BCUT2D eigenvalue weighted by atomic mass is 9.95. The van der Waals surface area contributed by atoms with Crippen molar-refractivity contribution in [1.82, 2.24) is 5.32 Å². The number of fused-ring (bicyclic) bond motifs is 1. The highest BCUT2D eigenvalue weighted by molar-refractivity contribution is 5.91. The van der Waals surface area contributed by atoms with Crippen LogP contribution in [0.2, 0.25) is 0 Å². The SMILES string of the molecule is CC(=O)Nc1ccc(-c2ccc(C)c(F)c2)c2c1CCC2.CCCCCCCCCC.N#CCNC=O. The molecule has 0 heterocycles. The van der Waals surface area contributed by atoms with Crippen molar-refractivity contribution < 1.29 is 14.0 Å². The lowest BCUT2D eigenvalue weighted by Gasteiger charge is -2.14. The molecule has 0 aromatic heterocycles. The summed E-state index contributed by atoms with van der Waals surface area (Å²) in [5.41, 5.74) is 5.98. The second-order valence-electron chi connectivity index (χ2n) is 9.39. The molecule has 0 atom stereocenters. The number of hydrogen-bond donors (Lipinski definition) is 2. The zero-order chi connectivity index (χ0) is 27.5. The summed E-state index contributed by atoms with van der Waals surface area (Å²) in [4.78, 5) is 20.6. The minimum Gasteiger partial charge on any atom is -0.346 e. The Labute approximate surface area is 222 Å². The standard InChI is InChI=1S/C18H18FNO.C10H22.C3H4N2O/c1-11-6-7-13(10-17(11)19)14-8-9-18(20-12(2)21)16-5-3-4-15(14)16;1-3-5-7-9-10-8-6-4-2;4-1-2-5-3-6/h6-10H,3-5H2,1-2H3,(H,20,21);3-10H2,1-2H3;3H,2H2,(H,5,6). The number of carbonyl (C=O) groups excluding carboxylic acids is 2. The first-order valence-electron chi connectivity index (χ1n) is 13.6. The molecule has 0 fully saturated rings. The van der Waals surface area contributed by atoms with Gasteiger partial charge in [0.1, 0.15) is 12.4 Å². The number of nitrogens with zero attached hydrogens (tertiary/aromatic N) is 1. The molecule has 1 aliphatic carbocycles. The van der Waals surface area contributed by atoms with Crippen LogP contribution in [-0.2, 0) is 22.4 Å². The van der Waals surface area contributed by atoms with E-state index in [0.717, 1.165) is 36.1 Å². The fourth-order valence-corrected chi connectivity index (χ4v) is 4.34. The monoisotopic (exact) mass is 509 g/mol. The van der Waals surface area contributed by atoms with E-state index in [-0.39, 0.29) is 18.3 Å². The van der Waals surface area contributed by atoms with E-state index in [4.69, 9.17) is 5.26 Å². The van der Waals surface area contributed by atoms with Crippen LogP contribution in [-0.4, -0.2) is 18.9 Å². The minimum absolute atomic E-state index is 0.0572. The zero-order valence-corrected chi connectivity index (χ0v) is 23.1. The van der Waals surface area contributed by atoms with Gasteiger partial charge in [-0.15, -0.1) is 0 Å². The van der Waals surface area contributed by atoms with Crippen LogP contribution in [0.25, 0.3) is 11.1 Å². The predicted molar refractivity (Wildman–Crippen MR) is 151 cm³/mol. The molecule has 202 valence electrons. The fraction of sp³-hybridized carbons (Fsp3) is 0.516. The van der Waals surface area contributed by atoms with Gasteiger partial charge in [0, 0.05) is 12.6 Å². The van der Waals surface area contributed by atoms with Gasteiger partial charge in [0.2, 0.25) is 12.3 Å².